The molecule has 0 aromatic heterocycles. The van der Waals surface area contributed by atoms with Gasteiger partial charge in [-0.1, -0.05) is 41.9 Å². The van der Waals surface area contributed by atoms with Crippen LogP contribution in [0.4, 0.5) is 0 Å². The molecule has 0 unspecified atom stereocenters. The van der Waals surface area contributed by atoms with Crippen molar-refractivity contribution < 1.29 is 19.4 Å². The Bertz CT molecular complexity index is 882. The molecule has 2 aromatic rings. The summed E-state index contributed by atoms with van der Waals surface area (Å²) in [4.78, 5) is 26.0. The zero-order valence-corrected chi connectivity index (χ0v) is 15.5. The zero-order valence-electron chi connectivity index (χ0n) is 14.7. The Kier molecular flexibility index (Phi) is 4.56. The van der Waals surface area contributed by atoms with Crippen LogP contribution in [-0.2, 0) is 21.5 Å². The number of ether oxygens (including phenoxy) is 1. The lowest BCUT2D eigenvalue weighted by Gasteiger charge is -2.28. The third kappa shape index (κ3) is 3.39. The van der Waals surface area contributed by atoms with E-state index in [0.29, 0.717) is 11.6 Å². The number of rotatable bonds is 5. The van der Waals surface area contributed by atoms with E-state index in [1.807, 2.05) is 36.4 Å². The van der Waals surface area contributed by atoms with E-state index in [0.717, 1.165) is 29.7 Å². The van der Waals surface area contributed by atoms with Gasteiger partial charge in [0.1, 0.15) is 12.3 Å². The van der Waals surface area contributed by atoms with Gasteiger partial charge in [-0.05, 0) is 36.6 Å². The number of nitrogens with zero attached hydrogens (tertiary/aromatic N) is 1. The fourth-order valence-corrected chi connectivity index (χ4v) is 4.22. The predicted molar refractivity (Wildman–Crippen MR) is 101 cm³/mol. The SMILES string of the molecule is O=C(O)CN(Cc1ccc(Cl)cc1)C(=O)[C@@H]1C[C@]12CCOc1ccccc12. The predicted octanol–water partition coefficient (Wildman–Crippen LogP) is 3.49. The summed E-state index contributed by atoms with van der Waals surface area (Å²) in [5, 5.41) is 9.89. The van der Waals surface area contributed by atoms with Crippen molar-refractivity contribution in [3.05, 3.63) is 64.7 Å². The van der Waals surface area contributed by atoms with E-state index in [-0.39, 0.29) is 30.3 Å². The second kappa shape index (κ2) is 6.89. The quantitative estimate of drug-likeness (QED) is 0.855. The molecule has 6 heteroatoms. The Balaban J connectivity index is 1.56. The normalized spacial score (nSPS) is 22.6. The van der Waals surface area contributed by atoms with Gasteiger partial charge in [0, 0.05) is 28.5 Å². The molecular formula is C21H20ClNO4. The maximum Gasteiger partial charge on any atom is 0.323 e. The largest absolute Gasteiger partial charge is 0.493 e. The lowest BCUT2D eigenvalue weighted by molar-refractivity contribution is -0.145. The summed E-state index contributed by atoms with van der Waals surface area (Å²) >= 11 is 5.91. The molecule has 0 radical (unpaired) electrons. The fraction of sp³-hybridized carbons (Fsp3) is 0.333. The maximum atomic E-state index is 13.2. The smallest absolute Gasteiger partial charge is 0.323 e. The number of halogens is 1. The number of carboxylic acids is 1. The Labute approximate surface area is 162 Å². The zero-order chi connectivity index (χ0) is 19.0. The van der Waals surface area contributed by atoms with Gasteiger partial charge in [-0.15, -0.1) is 0 Å². The van der Waals surface area contributed by atoms with Crippen LogP contribution in [0.3, 0.4) is 0 Å². The highest BCUT2D eigenvalue weighted by atomic mass is 35.5. The van der Waals surface area contributed by atoms with Gasteiger partial charge in [0.05, 0.1) is 6.61 Å². The third-order valence-corrected chi connectivity index (χ3v) is 5.78. The summed E-state index contributed by atoms with van der Waals surface area (Å²) in [6.07, 6.45) is 1.52. The number of amides is 1. The Hall–Kier alpha value is -2.53. The van der Waals surface area contributed by atoms with Crippen LogP contribution in [0, 0.1) is 5.92 Å². The van der Waals surface area contributed by atoms with Gasteiger partial charge in [0.25, 0.3) is 0 Å². The summed E-state index contributed by atoms with van der Waals surface area (Å²) in [6.45, 7) is 0.524. The molecule has 5 nitrogen and oxygen atoms in total. The molecule has 2 aromatic carbocycles. The third-order valence-electron chi connectivity index (χ3n) is 5.53. The van der Waals surface area contributed by atoms with Crippen molar-refractivity contribution in [3.8, 4) is 5.75 Å². The molecule has 4 rings (SSSR count). The molecule has 1 aliphatic heterocycles. The van der Waals surface area contributed by atoms with E-state index in [9.17, 15) is 14.7 Å². The van der Waals surface area contributed by atoms with Crippen molar-refractivity contribution in [3.63, 3.8) is 0 Å². The highest BCUT2D eigenvalue weighted by Gasteiger charge is 2.61. The van der Waals surface area contributed by atoms with Crippen molar-refractivity contribution in [2.45, 2.75) is 24.8 Å². The summed E-state index contributed by atoms with van der Waals surface area (Å²) in [6, 6.07) is 14.9. The molecule has 0 saturated heterocycles. The molecule has 0 bridgehead atoms. The molecule has 1 fully saturated rings. The van der Waals surface area contributed by atoms with Crippen LogP contribution in [0.15, 0.2) is 48.5 Å². The minimum atomic E-state index is -1.01. The molecule has 1 amide bonds. The molecule has 27 heavy (non-hydrogen) atoms. The van der Waals surface area contributed by atoms with E-state index in [4.69, 9.17) is 16.3 Å². The molecule has 1 aliphatic carbocycles. The van der Waals surface area contributed by atoms with Gasteiger partial charge in [0.15, 0.2) is 0 Å². The second-order valence-corrected chi connectivity index (χ2v) is 7.66. The van der Waals surface area contributed by atoms with E-state index >= 15 is 0 Å². The lowest BCUT2D eigenvalue weighted by atomic mass is 9.87. The summed E-state index contributed by atoms with van der Waals surface area (Å²) in [7, 11) is 0. The Morgan fingerprint density at radius 1 is 1.19 bits per heavy atom. The molecule has 1 heterocycles. The first-order chi connectivity index (χ1) is 13.0. The number of carbonyl (C=O) groups excluding carboxylic acids is 1. The average Bonchev–Trinajstić information content (AvgIpc) is 3.37. The molecule has 2 aliphatic rings. The van der Waals surface area contributed by atoms with Crippen LogP contribution in [0.1, 0.15) is 24.0 Å². The summed E-state index contributed by atoms with van der Waals surface area (Å²) in [5.74, 6) is -0.487. The van der Waals surface area contributed by atoms with Gasteiger partial charge >= 0.3 is 5.97 Å². The Morgan fingerprint density at radius 2 is 1.93 bits per heavy atom. The highest BCUT2D eigenvalue weighted by Crippen LogP contribution is 2.61. The van der Waals surface area contributed by atoms with Crippen LogP contribution in [0.5, 0.6) is 5.75 Å². The van der Waals surface area contributed by atoms with Crippen molar-refractivity contribution >= 4 is 23.5 Å². The highest BCUT2D eigenvalue weighted by molar-refractivity contribution is 6.30. The van der Waals surface area contributed by atoms with E-state index < -0.39 is 5.97 Å². The number of carbonyl (C=O) groups is 2. The number of hydrogen-bond donors (Lipinski definition) is 1. The molecule has 1 spiro atoms. The first-order valence-electron chi connectivity index (χ1n) is 8.97. The summed E-state index contributed by atoms with van der Waals surface area (Å²) in [5.41, 5.74) is 1.70. The van der Waals surface area contributed by atoms with Crippen LogP contribution in [-0.4, -0.2) is 35.0 Å². The first-order valence-corrected chi connectivity index (χ1v) is 9.35. The summed E-state index contributed by atoms with van der Waals surface area (Å²) < 4.78 is 5.73. The van der Waals surface area contributed by atoms with Gasteiger partial charge in [-0.3, -0.25) is 9.59 Å². The van der Waals surface area contributed by atoms with Crippen LogP contribution >= 0.6 is 11.6 Å². The molecule has 1 N–H and O–H groups in total. The number of aliphatic carboxylic acids is 1. The van der Waals surface area contributed by atoms with Crippen LogP contribution < -0.4 is 4.74 Å². The fourth-order valence-electron chi connectivity index (χ4n) is 4.09. The Morgan fingerprint density at radius 3 is 2.67 bits per heavy atom. The average molecular weight is 386 g/mol. The van der Waals surface area contributed by atoms with Gasteiger partial charge in [-0.2, -0.15) is 0 Å². The number of para-hydroxylation sites is 1. The number of fused-ring (bicyclic) bond motifs is 2. The van der Waals surface area contributed by atoms with Crippen molar-refractivity contribution in [1.29, 1.82) is 0 Å². The minimum absolute atomic E-state index is 0.107. The number of hydrogen-bond acceptors (Lipinski definition) is 3. The lowest BCUT2D eigenvalue weighted by Crippen LogP contribution is -2.38. The minimum Gasteiger partial charge on any atom is -0.493 e. The van der Waals surface area contributed by atoms with E-state index in [1.54, 1.807) is 12.1 Å². The van der Waals surface area contributed by atoms with Crippen LogP contribution in [0.25, 0.3) is 0 Å². The van der Waals surface area contributed by atoms with E-state index in [2.05, 4.69) is 0 Å². The molecule has 1 saturated carbocycles. The first kappa shape index (κ1) is 17.9. The van der Waals surface area contributed by atoms with E-state index in [1.165, 1.54) is 4.90 Å². The standard InChI is InChI=1S/C21H20ClNO4/c22-15-7-5-14(6-8-15)12-23(13-19(24)25)20(26)17-11-21(17)9-10-27-18-4-2-1-3-16(18)21/h1-8,17H,9-13H2,(H,24,25)/t17-,21-/m0/s1. The molecule has 140 valence electrons. The van der Waals surface area contributed by atoms with Crippen molar-refractivity contribution in [2.75, 3.05) is 13.2 Å². The second-order valence-electron chi connectivity index (χ2n) is 7.22. The molecular weight excluding hydrogens is 366 g/mol. The number of carboxylic acid groups (broad SMARTS) is 1. The van der Waals surface area contributed by atoms with Crippen molar-refractivity contribution in [1.82, 2.24) is 4.90 Å². The number of benzene rings is 2. The van der Waals surface area contributed by atoms with Crippen LogP contribution in [0.2, 0.25) is 5.02 Å². The van der Waals surface area contributed by atoms with Crippen molar-refractivity contribution in [2.24, 2.45) is 5.92 Å². The van der Waals surface area contributed by atoms with Gasteiger partial charge < -0.3 is 14.7 Å². The molecule has 2 atom stereocenters. The topological polar surface area (TPSA) is 66.8 Å². The van der Waals surface area contributed by atoms with Gasteiger partial charge in [-0.25, -0.2) is 0 Å². The van der Waals surface area contributed by atoms with Gasteiger partial charge in [0.2, 0.25) is 5.91 Å². The maximum absolute atomic E-state index is 13.2. The monoisotopic (exact) mass is 385 g/mol.